The van der Waals surface area contributed by atoms with Gasteiger partial charge < -0.3 is 0 Å². The molecule has 0 bridgehead atoms. The van der Waals surface area contributed by atoms with Crippen LogP contribution in [0, 0.1) is 16.7 Å². The molecule has 0 aromatic carbocycles. The van der Waals surface area contributed by atoms with Crippen molar-refractivity contribution in [1.82, 2.24) is 0 Å². The quantitative estimate of drug-likeness (QED) is 0.551. The molecular formula is C10H20. The molecule has 0 saturated heterocycles. The Labute approximate surface area is 65.0 Å². The highest BCUT2D eigenvalue weighted by molar-refractivity contribution is 5.02. The summed E-state index contributed by atoms with van der Waals surface area (Å²) in [6.07, 6.45) is 2.76. The molecule has 0 heterocycles. The number of hydrogen-bond donors (Lipinski definition) is 0. The Morgan fingerprint density at radius 3 is 1.90 bits per heavy atom. The smallest absolute Gasteiger partial charge is 0.0306 e. The second-order valence-corrected chi connectivity index (χ2v) is 5.09. The zero-order chi connectivity index (χ0) is 7.99. The standard InChI is InChI=1S/C10H20/c1-6-9(2,3)8-7-10(8,4)5/h8H,6-7H2,1-5H3. The molecule has 1 aliphatic carbocycles. The summed E-state index contributed by atoms with van der Waals surface area (Å²) in [6, 6.07) is 0. The van der Waals surface area contributed by atoms with Crippen molar-refractivity contribution in [2.75, 3.05) is 0 Å². The lowest BCUT2D eigenvalue weighted by Gasteiger charge is -2.24. The van der Waals surface area contributed by atoms with E-state index in [1.165, 1.54) is 12.8 Å². The van der Waals surface area contributed by atoms with Gasteiger partial charge in [-0.05, 0) is 23.2 Å². The molecule has 1 aliphatic rings. The van der Waals surface area contributed by atoms with Crippen LogP contribution < -0.4 is 0 Å². The molecule has 0 heteroatoms. The van der Waals surface area contributed by atoms with Gasteiger partial charge in [0.05, 0.1) is 0 Å². The minimum atomic E-state index is 0.587. The molecule has 60 valence electrons. The molecule has 1 fully saturated rings. The van der Waals surface area contributed by atoms with E-state index >= 15 is 0 Å². The lowest BCUT2D eigenvalue weighted by molar-refractivity contribution is 0.257. The van der Waals surface area contributed by atoms with Gasteiger partial charge in [-0.15, -0.1) is 0 Å². The SMILES string of the molecule is CCC(C)(C)C1CC1(C)C. The summed E-state index contributed by atoms with van der Waals surface area (Å²) >= 11 is 0. The summed E-state index contributed by atoms with van der Waals surface area (Å²) in [7, 11) is 0. The van der Waals surface area contributed by atoms with E-state index in [1.807, 2.05) is 0 Å². The fraction of sp³-hybridized carbons (Fsp3) is 1.00. The lowest BCUT2D eigenvalue weighted by Crippen LogP contribution is -2.15. The van der Waals surface area contributed by atoms with Crippen molar-refractivity contribution in [2.45, 2.75) is 47.5 Å². The summed E-state index contributed by atoms with van der Waals surface area (Å²) in [5.74, 6) is 0.977. The van der Waals surface area contributed by atoms with Crippen LogP contribution >= 0.6 is 0 Å². The average Bonchev–Trinajstić information content (AvgIpc) is 2.41. The monoisotopic (exact) mass is 140 g/mol. The van der Waals surface area contributed by atoms with E-state index < -0.39 is 0 Å². The second-order valence-electron chi connectivity index (χ2n) is 5.09. The number of hydrogen-bond acceptors (Lipinski definition) is 0. The van der Waals surface area contributed by atoms with E-state index in [0.29, 0.717) is 10.8 Å². The topological polar surface area (TPSA) is 0 Å². The highest BCUT2D eigenvalue weighted by Crippen LogP contribution is 2.61. The Morgan fingerprint density at radius 2 is 1.80 bits per heavy atom. The van der Waals surface area contributed by atoms with E-state index in [2.05, 4.69) is 34.6 Å². The fourth-order valence-electron chi connectivity index (χ4n) is 2.05. The van der Waals surface area contributed by atoms with E-state index in [-0.39, 0.29) is 0 Å². The average molecular weight is 140 g/mol. The Hall–Kier alpha value is 0. The Morgan fingerprint density at radius 1 is 1.40 bits per heavy atom. The Bertz CT molecular complexity index is 131. The van der Waals surface area contributed by atoms with E-state index in [0.717, 1.165) is 5.92 Å². The molecular weight excluding hydrogens is 120 g/mol. The van der Waals surface area contributed by atoms with Gasteiger partial charge in [-0.3, -0.25) is 0 Å². The van der Waals surface area contributed by atoms with Crippen molar-refractivity contribution in [1.29, 1.82) is 0 Å². The normalized spacial score (nSPS) is 30.3. The third kappa shape index (κ3) is 1.21. The van der Waals surface area contributed by atoms with Gasteiger partial charge in [-0.1, -0.05) is 41.0 Å². The third-order valence-electron chi connectivity index (χ3n) is 3.37. The fourth-order valence-corrected chi connectivity index (χ4v) is 2.05. The van der Waals surface area contributed by atoms with Crippen molar-refractivity contribution in [3.05, 3.63) is 0 Å². The predicted molar refractivity (Wildman–Crippen MR) is 46.0 cm³/mol. The number of rotatable bonds is 2. The molecule has 0 N–H and O–H groups in total. The van der Waals surface area contributed by atoms with E-state index in [9.17, 15) is 0 Å². The van der Waals surface area contributed by atoms with Gasteiger partial charge in [-0.25, -0.2) is 0 Å². The second kappa shape index (κ2) is 1.99. The van der Waals surface area contributed by atoms with Crippen molar-refractivity contribution in [3.8, 4) is 0 Å². The maximum atomic E-state index is 2.40. The molecule has 1 atom stereocenters. The van der Waals surface area contributed by atoms with Crippen molar-refractivity contribution >= 4 is 0 Å². The first-order valence-electron chi connectivity index (χ1n) is 4.40. The van der Waals surface area contributed by atoms with Crippen LogP contribution in [-0.2, 0) is 0 Å². The van der Waals surface area contributed by atoms with Crippen LogP contribution in [0.15, 0.2) is 0 Å². The molecule has 10 heavy (non-hydrogen) atoms. The molecule has 0 radical (unpaired) electrons. The minimum absolute atomic E-state index is 0.587. The van der Waals surface area contributed by atoms with Crippen LogP contribution in [0.4, 0.5) is 0 Å². The maximum absolute atomic E-state index is 2.40. The minimum Gasteiger partial charge on any atom is -0.0649 e. The molecule has 0 aromatic heterocycles. The third-order valence-corrected chi connectivity index (χ3v) is 3.37. The Kier molecular flexibility index (Phi) is 1.61. The van der Waals surface area contributed by atoms with Crippen LogP contribution in [-0.4, -0.2) is 0 Å². The molecule has 0 spiro atoms. The Balaban J connectivity index is 2.54. The van der Waals surface area contributed by atoms with Crippen LogP contribution in [0.3, 0.4) is 0 Å². The summed E-state index contributed by atoms with van der Waals surface area (Å²) in [5.41, 5.74) is 1.24. The van der Waals surface area contributed by atoms with Crippen molar-refractivity contribution in [2.24, 2.45) is 16.7 Å². The highest BCUT2D eigenvalue weighted by Gasteiger charge is 2.52. The van der Waals surface area contributed by atoms with Gasteiger partial charge in [0.2, 0.25) is 0 Å². The van der Waals surface area contributed by atoms with Crippen molar-refractivity contribution < 1.29 is 0 Å². The zero-order valence-corrected chi connectivity index (χ0v) is 7.99. The van der Waals surface area contributed by atoms with Crippen molar-refractivity contribution in [3.63, 3.8) is 0 Å². The van der Waals surface area contributed by atoms with E-state index in [1.54, 1.807) is 0 Å². The first kappa shape index (κ1) is 8.10. The van der Waals surface area contributed by atoms with E-state index in [4.69, 9.17) is 0 Å². The zero-order valence-electron chi connectivity index (χ0n) is 7.99. The summed E-state index contributed by atoms with van der Waals surface area (Å²) in [6.45, 7) is 11.9. The van der Waals surface area contributed by atoms with Gasteiger partial charge >= 0.3 is 0 Å². The molecule has 1 saturated carbocycles. The highest BCUT2D eigenvalue weighted by atomic mass is 14.6. The van der Waals surface area contributed by atoms with Gasteiger partial charge in [0.15, 0.2) is 0 Å². The molecule has 0 amide bonds. The van der Waals surface area contributed by atoms with Crippen LogP contribution in [0.2, 0.25) is 0 Å². The van der Waals surface area contributed by atoms with Gasteiger partial charge in [0.25, 0.3) is 0 Å². The summed E-state index contributed by atoms with van der Waals surface area (Å²) in [5, 5.41) is 0. The summed E-state index contributed by atoms with van der Waals surface area (Å²) in [4.78, 5) is 0. The van der Waals surface area contributed by atoms with Gasteiger partial charge in [0.1, 0.15) is 0 Å². The first-order chi connectivity index (χ1) is 4.40. The largest absolute Gasteiger partial charge is 0.0649 e. The lowest BCUT2D eigenvalue weighted by atomic mass is 9.81. The van der Waals surface area contributed by atoms with Crippen LogP contribution in [0.5, 0.6) is 0 Å². The molecule has 0 aliphatic heterocycles. The maximum Gasteiger partial charge on any atom is -0.0306 e. The molecule has 1 unspecified atom stereocenters. The molecule has 0 aromatic rings. The molecule has 1 rings (SSSR count). The predicted octanol–water partition coefficient (Wildman–Crippen LogP) is 3.47. The van der Waals surface area contributed by atoms with Crippen LogP contribution in [0.25, 0.3) is 0 Å². The first-order valence-corrected chi connectivity index (χ1v) is 4.40. The summed E-state index contributed by atoms with van der Waals surface area (Å²) < 4.78 is 0. The molecule has 0 nitrogen and oxygen atoms in total. The van der Waals surface area contributed by atoms with Crippen LogP contribution in [0.1, 0.15) is 47.5 Å². The van der Waals surface area contributed by atoms with Gasteiger partial charge in [-0.2, -0.15) is 0 Å². The van der Waals surface area contributed by atoms with Gasteiger partial charge in [0, 0.05) is 0 Å².